The maximum atomic E-state index is 6.21. The lowest BCUT2D eigenvalue weighted by atomic mass is 9.97. The molecule has 3 unspecified atom stereocenters. The molecule has 1 heterocycles. The molecular formula is C18H26ClNS. The maximum Gasteiger partial charge on any atom is 0.0410 e. The van der Waals surface area contributed by atoms with Gasteiger partial charge in [-0.3, -0.25) is 0 Å². The zero-order chi connectivity index (χ0) is 14.7. The molecule has 0 spiro atoms. The summed E-state index contributed by atoms with van der Waals surface area (Å²) >= 11 is 8.18. The molecule has 0 saturated heterocycles. The van der Waals surface area contributed by atoms with E-state index in [-0.39, 0.29) is 0 Å². The number of rotatable bonds is 3. The van der Waals surface area contributed by atoms with Crippen molar-refractivity contribution in [1.82, 2.24) is 5.32 Å². The van der Waals surface area contributed by atoms with Crippen LogP contribution in [0.3, 0.4) is 0 Å². The standard InChI is InChI=1S/C18H26ClNS/c1-2-13-4-3-5-15(8-6-13)20-17-10-11-21-18-9-7-14(19)12-16(17)18/h7,9,12-13,15,17,20H,2-6,8,10-11H2,1H3. The van der Waals surface area contributed by atoms with E-state index in [0.717, 1.165) is 10.9 Å². The quantitative estimate of drug-likeness (QED) is 0.703. The Bertz CT molecular complexity index is 476. The predicted molar refractivity (Wildman–Crippen MR) is 93.3 cm³/mol. The van der Waals surface area contributed by atoms with E-state index in [0.29, 0.717) is 12.1 Å². The first-order valence-electron chi connectivity index (χ1n) is 8.44. The van der Waals surface area contributed by atoms with Gasteiger partial charge in [-0.15, -0.1) is 11.8 Å². The summed E-state index contributed by atoms with van der Waals surface area (Å²) in [4.78, 5) is 1.42. The van der Waals surface area contributed by atoms with Crippen molar-refractivity contribution < 1.29 is 0 Å². The summed E-state index contributed by atoms with van der Waals surface area (Å²) in [5.74, 6) is 2.18. The summed E-state index contributed by atoms with van der Waals surface area (Å²) in [5.41, 5.74) is 1.43. The lowest BCUT2D eigenvalue weighted by Crippen LogP contribution is -2.34. The number of hydrogen-bond donors (Lipinski definition) is 1. The van der Waals surface area contributed by atoms with E-state index in [1.165, 1.54) is 61.2 Å². The molecule has 3 rings (SSSR count). The largest absolute Gasteiger partial charge is 0.307 e. The third-order valence-electron chi connectivity index (χ3n) is 5.11. The van der Waals surface area contributed by atoms with Crippen LogP contribution in [0.1, 0.15) is 63.5 Å². The van der Waals surface area contributed by atoms with Gasteiger partial charge in [0.25, 0.3) is 0 Å². The summed E-state index contributed by atoms with van der Waals surface area (Å²) in [6.45, 7) is 2.34. The molecule has 1 fully saturated rings. The van der Waals surface area contributed by atoms with Crippen LogP contribution in [0.2, 0.25) is 5.02 Å². The molecule has 1 aromatic rings. The van der Waals surface area contributed by atoms with Gasteiger partial charge in [-0.05, 0) is 61.1 Å². The Hall–Kier alpha value is -0.180. The van der Waals surface area contributed by atoms with Gasteiger partial charge < -0.3 is 5.32 Å². The van der Waals surface area contributed by atoms with Gasteiger partial charge in [0, 0.05) is 22.0 Å². The first kappa shape index (κ1) is 15.7. The molecular weight excluding hydrogens is 298 g/mol. The number of fused-ring (bicyclic) bond motifs is 1. The zero-order valence-electron chi connectivity index (χ0n) is 12.9. The first-order chi connectivity index (χ1) is 10.3. The molecule has 3 atom stereocenters. The molecule has 2 aliphatic rings. The highest BCUT2D eigenvalue weighted by atomic mass is 35.5. The van der Waals surface area contributed by atoms with E-state index < -0.39 is 0 Å². The molecule has 0 bridgehead atoms. The number of hydrogen-bond acceptors (Lipinski definition) is 2. The molecule has 116 valence electrons. The van der Waals surface area contributed by atoms with Crippen molar-refractivity contribution in [2.45, 2.75) is 68.8 Å². The van der Waals surface area contributed by atoms with Gasteiger partial charge in [0.2, 0.25) is 0 Å². The smallest absolute Gasteiger partial charge is 0.0410 e. The fourth-order valence-corrected chi connectivity index (χ4v) is 5.06. The SMILES string of the molecule is CCC1CCCC(NC2CCSc3ccc(Cl)cc32)CC1. The van der Waals surface area contributed by atoms with Crippen LogP contribution in [0, 0.1) is 5.92 Å². The summed E-state index contributed by atoms with van der Waals surface area (Å²) in [7, 11) is 0. The highest BCUT2D eigenvalue weighted by molar-refractivity contribution is 7.99. The van der Waals surface area contributed by atoms with Crippen LogP contribution in [-0.4, -0.2) is 11.8 Å². The van der Waals surface area contributed by atoms with Crippen LogP contribution in [0.15, 0.2) is 23.1 Å². The van der Waals surface area contributed by atoms with Gasteiger partial charge in [0.05, 0.1) is 0 Å². The predicted octanol–water partition coefficient (Wildman–Crippen LogP) is 5.83. The van der Waals surface area contributed by atoms with Crippen molar-refractivity contribution in [3.05, 3.63) is 28.8 Å². The fraction of sp³-hybridized carbons (Fsp3) is 0.667. The van der Waals surface area contributed by atoms with Crippen LogP contribution < -0.4 is 5.32 Å². The molecule has 0 amide bonds. The monoisotopic (exact) mass is 323 g/mol. The second-order valence-corrected chi connectivity index (χ2v) is 8.09. The van der Waals surface area contributed by atoms with Crippen molar-refractivity contribution in [3.63, 3.8) is 0 Å². The Morgan fingerprint density at radius 3 is 2.95 bits per heavy atom. The molecule has 3 heteroatoms. The molecule has 1 N–H and O–H groups in total. The normalized spacial score (nSPS) is 29.7. The Morgan fingerprint density at radius 1 is 1.19 bits per heavy atom. The average molecular weight is 324 g/mol. The van der Waals surface area contributed by atoms with Crippen LogP contribution in [0.25, 0.3) is 0 Å². The zero-order valence-corrected chi connectivity index (χ0v) is 14.5. The Labute approximate surface area is 138 Å². The summed E-state index contributed by atoms with van der Waals surface area (Å²) < 4.78 is 0. The molecule has 21 heavy (non-hydrogen) atoms. The second kappa shape index (κ2) is 7.39. The molecule has 1 saturated carbocycles. The van der Waals surface area contributed by atoms with E-state index in [9.17, 15) is 0 Å². The van der Waals surface area contributed by atoms with Crippen molar-refractivity contribution >= 4 is 23.4 Å². The first-order valence-corrected chi connectivity index (χ1v) is 9.81. The van der Waals surface area contributed by atoms with Gasteiger partial charge in [-0.25, -0.2) is 0 Å². The molecule has 1 aliphatic heterocycles. The minimum atomic E-state index is 0.503. The second-order valence-electron chi connectivity index (χ2n) is 6.52. The van der Waals surface area contributed by atoms with Crippen molar-refractivity contribution in [2.75, 3.05) is 5.75 Å². The molecule has 0 radical (unpaired) electrons. The molecule has 1 nitrogen and oxygen atoms in total. The van der Waals surface area contributed by atoms with Crippen molar-refractivity contribution in [3.8, 4) is 0 Å². The van der Waals surface area contributed by atoms with Gasteiger partial charge in [-0.2, -0.15) is 0 Å². The van der Waals surface area contributed by atoms with E-state index in [1.807, 2.05) is 17.8 Å². The summed E-state index contributed by atoms with van der Waals surface area (Å²) in [6.07, 6.45) is 9.49. The van der Waals surface area contributed by atoms with Crippen LogP contribution in [0.4, 0.5) is 0 Å². The van der Waals surface area contributed by atoms with Gasteiger partial charge in [-0.1, -0.05) is 37.8 Å². The minimum Gasteiger partial charge on any atom is -0.307 e. The van der Waals surface area contributed by atoms with E-state index in [1.54, 1.807) is 0 Å². The fourth-order valence-electron chi connectivity index (χ4n) is 3.78. The van der Waals surface area contributed by atoms with Crippen LogP contribution in [-0.2, 0) is 0 Å². The number of nitrogens with one attached hydrogen (secondary N) is 1. The summed E-state index contributed by atoms with van der Waals surface area (Å²) in [5, 5.41) is 4.82. The van der Waals surface area contributed by atoms with Gasteiger partial charge >= 0.3 is 0 Å². The number of benzene rings is 1. The van der Waals surface area contributed by atoms with Crippen LogP contribution in [0.5, 0.6) is 0 Å². The van der Waals surface area contributed by atoms with Crippen LogP contribution >= 0.6 is 23.4 Å². The van der Waals surface area contributed by atoms with Gasteiger partial charge in [0.15, 0.2) is 0 Å². The lowest BCUT2D eigenvalue weighted by molar-refractivity contribution is 0.379. The molecule has 0 aromatic heterocycles. The Morgan fingerprint density at radius 2 is 2.10 bits per heavy atom. The average Bonchev–Trinajstić information content (AvgIpc) is 2.73. The molecule has 1 aromatic carbocycles. The summed E-state index contributed by atoms with van der Waals surface area (Å²) in [6, 6.07) is 7.58. The lowest BCUT2D eigenvalue weighted by Gasteiger charge is -2.30. The van der Waals surface area contributed by atoms with Gasteiger partial charge in [0.1, 0.15) is 0 Å². The van der Waals surface area contributed by atoms with E-state index in [2.05, 4.69) is 24.4 Å². The minimum absolute atomic E-state index is 0.503. The highest BCUT2D eigenvalue weighted by Gasteiger charge is 2.25. The molecule has 1 aliphatic carbocycles. The number of thioether (sulfide) groups is 1. The Kier molecular flexibility index (Phi) is 5.53. The van der Waals surface area contributed by atoms with Crippen molar-refractivity contribution in [2.24, 2.45) is 5.92 Å². The third kappa shape index (κ3) is 3.97. The van der Waals surface area contributed by atoms with Crippen molar-refractivity contribution in [1.29, 1.82) is 0 Å². The highest BCUT2D eigenvalue weighted by Crippen LogP contribution is 2.38. The van der Waals surface area contributed by atoms with E-state index in [4.69, 9.17) is 11.6 Å². The third-order valence-corrected chi connectivity index (χ3v) is 6.47. The topological polar surface area (TPSA) is 12.0 Å². The Balaban J connectivity index is 1.67. The number of halogens is 1. The van der Waals surface area contributed by atoms with E-state index >= 15 is 0 Å². The maximum absolute atomic E-state index is 6.21.